The number of halogens is 1. The summed E-state index contributed by atoms with van der Waals surface area (Å²) in [6.45, 7) is 3.18. The number of carbonyl (C=O) groups is 3. The van der Waals surface area contributed by atoms with Gasteiger partial charge in [0.1, 0.15) is 0 Å². The molecule has 11 nitrogen and oxygen atoms in total. The van der Waals surface area contributed by atoms with E-state index >= 15 is 0 Å². The maximum absolute atomic E-state index is 14.6. The third-order valence-corrected chi connectivity index (χ3v) is 11.7. The van der Waals surface area contributed by atoms with E-state index in [1.54, 1.807) is 38.1 Å². The minimum absolute atomic E-state index is 0.0246. The molecule has 1 heterocycles. The maximum Gasteiger partial charge on any atom is 0.405 e. The highest BCUT2D eigenvalue weighted by Crippen LogP contribution is 2.54. The molecule has 264 valence electrons. The number of hydrogen-bond donors (Lipinski definition) is 4. The van der Waals surface area contributed by atoms with Gasteiger partial charge >= 0.3 is 13.7 Å². The van der Waals surface area contributed by atoms with Gasteiger partial charge in [0, 0.05) is 23.4 Å². The maximum atomic E-state index is 14.6. The molecule has 13 heteroatoms. The van der Waals surface area contributed by atoms with Crippen molar-refractivity contribution in [3.63, 3.8) is 0 Å². The topological polar surface area (TPSA) is 166 Å². The molecule has 2 fully saturated rings. The highest BCUT2D eigenvalue weighted by molar-refractivity contribution is 7.54. The van der Waals surface area contributed by atoms with Crippen LogP contribution in [0.5, 0.6) is 0 Å². The second-order valence-corrected chi connectivity index (χ2v) is 15.4. The van der Waals surface area contributed by atoms with Crippen molar-refractivity contribution in [2.24, 2.45) is 17.6 Å². The predicted molar refractivity (Wildman–Crippen MR) is 183 cm³/mol. The number of rotatable bonds is 17. The van der Waals surface area contributed by atoms with Gasteiger partial charge in [0.15, 0.2) is 11.4 Å². The lowest BCUT2D eigenvalue weighted by Crippen LogP contribution is -2.58. The molecule has 2 aromatic carbocycles. The van der Waals surface area contributed by atoms with Crippen molar-refractivity contribution < 1.29 is 37.8 Å². The van der Waals surface area contributed by atoms with Crippen LogP contribution in [0.25, 0.3) is 0 Å². The van der Waals surface area contributed by atoms with E-state index in [0.29, 0.717) is 23.4 Å². The van der Waals surface area contributed by atoms with Gasteiger partial charge in [-0.05, 0) is 68.7 Å². The highest BCUT2D eigenvalue weighted by Gasteiger charge is 2.49. The number of nitrogens with two attached hydrogens (primary N) is 1. The number of carbonyl (C=O) groups excluding carboxylic acids is 3. The Morgan fingerprint density at radius 2 is 1.73 bits per heavy atom. The third kappa shape index (κ3) is 10.3. The van der Waals surface area contributed by atoms with Crippen molar-refractivity contribution in [3.8, 4) is 0 Å². The molecular formula is C35H49ClN3O8P. The van der Waals surface area contributed by atoms with Crippen LogP contribution in [0.2, 0.25) is 5.02 Å². The van der Waals surface area contributed by atoms with E-state index in [1.807, 2.05) is 30.3 Å². The Bertz CT molecular complexity index is 1420. The van der Waals surface area contributed by atoms with Crippen molar-refractivity contribution in [2.45, 2.75) is 102 Å². The largest absolute Gasteiger partial charge is 0.433 e. The van der Waals surface area contributed by atoms with E-state index in [1.165, 1.54) is 0 Å². The van der Waals surface area contributed by atoms with Crippen LogP contribution in [0.4, 0.5) is 4.79 Å². The summed E-state index contributed by atoms with van der Waals surface area (Å²) < 4.78 is 30.6. The molecule has 1 saturated carbocycles. The normalized spacial score (nSPS) is 21.1. The Hall–Kier alpha value is -2.95. The average Bonchev–Trinajstić information content (AvgIpc) is 3.38. The van der Waals surface area contributed by atoms with Gasteiger partial charge in [0.05, 0.1) is 19.3 Å². The smallest absolute Gasteiger partial charge is 0.405 e. The second kappa shape index (κ2) is 17.6. The van der Waals surface area contributed by atoms with Crippen LogP contribution in [-0.4, -0.2) is 59.8 Å². The molecule has 0 bridgehead atoms. The summed E-state index contributed by atoms with van der Waals surface area (Å²) in [5, 5.41) is 18.0. The minimum atomic E-state index is -4.20. The molecule has 4 unspecified atom stereocenters. The van der Waals surface area contributed by atoms with Gasteiger partial charge in [0.25, 0.3) is 5.91 Å². The van der Waals surface area contributed by atoms with Crippen molar-refractivity contribution in [3.05, 3.63) is 70.7 Å². The number of benzene rings is 2. The van der Waals surface area contributed by atoms with Crippen molar-refractivity contribution in [1.29, 1.82) is 0 Å². The quantitative estimate of drug-likeness (QED) is 0.148. The number of ether oxygens (including phenoxy) is 1. The first-order valence-electron chi connectivity index (χ1n) is 16.9. The molecule has 1 aliphatic carbocycles. The van der Waals surface area contributed by atoms with E-state index in [-0.39, 0.29) is 50.3 Å². The second-order valence-electron chi connectivity index (χ2n) is 12.9. The Balaban J connectivity index is 1.68. The monoisotopic (exact) mass is 705 g/mol. The van der Waals surface area contributed by atoms with Gasteiger partial charge in [-0.3, -0.25) is 14.2 Å². The van der Waals surface area contributed by atoms with Crippen molar-refractivity contribution in [2.75, 3.05) is 13.2 Å². The van der Waals surface area contributed by atoms with Crippen LogP contribution in [0.1, 0.15) is 76.3 Å². The number of primary amides is 1. The molecular weight excluding hydrogens is 657 g/mol. The summed E-state index contributed by atoms with van der Waals surface area (Å²) >= 11 is 6.30. The van der Waals surface area contributed by atoms with Gasteiger partial charge in [-0.2, -0.15) is 0 Å². The molecule has 0 radical (unpaired) electrons. The van der Waals surface area contributed by atoms with Gasteiger partial charge in [-0.15, -0.1) is 0 Å². The van der Waals surface area contributed by atoms with Crippen LogP contribution in [0.15, 0.2) is 54.6 Å². The summed E-state index contributed by atoms with van der Waals surface area (Å²) in [6.07, 6.45) is 4.68. The first-order chi connectivity index (χ1) is 23.0. The minimum Gasteiger partial charge on any atom is -0.433 e. The third-order valence-electron chi connectivity index (χ3n) is 9.20. The molecule has 48 heavy (non-hydrogen) atoms. The number of aliphatic hydroxyl groups is 1. The van der Waals surface area contributed by atoms with Gasteiger partial charge in [0.2, 0.25) is 5.91 Å². The lowest BCUT2D eigenvalue weighted by Gasteiger charge is -2.38. The molecule has 0 aromatic heterocycles. The summed E-state index contributed by atoms with van der Waals surface area (Å²) in [6, 6.07) is 15.2. The molecule has 1 aliphatic heterocycles. The predicted octanol–water partition coefficient (Wildman–Crippen LogP) is 5.89. The van der Waals surface area contributed by atoms with Crippen LogP contribution < -0.4 is 16.4 Å². The van der Waals surface area contributed by atoms with Crippen LogP contribution in [0, 0.1) is 11.8 Å². The lowest BCUT2D eigenvalue weighted by molar-refractivity contribution is -0.144. The number of amides is 3. The average molecular weight is 706 g/mol. The van der Waals surface area contributed by atoms with Crippen molar-refractivity contribution in [1.82, 2.24) is 10.6 Å². The summed E-state index contributed by atoms with van der Waals surface area (Å²) in [7, 11) is -4.20. The van der Waals surface area contributed by atoms with E-state index in [2.05, 4.69) is 10.6 Å². The fourth-order valence-electron chi connectivity index (χ4n) is 7.09. The fraction of sp³-hybridized carbons (Fsp3) is 0.571. The van der Waals surface area contributed by atoms with Crippen LogP contribution in [0.3, 0.4) is 0 Å². The van der Waals surface area contributed by atoms with Crippen molar-refractivity contribution >= 4 is 37.1 Å². The lowest BCUT2D eigenvalue weighted by atomic mass is 9.77. The Morgan fingerprint density at radius 3 is 2.35 bits per heavy atom. The van der Waals surface area contributed by atoms with Gasteiger partial charge < -0.3 is 35.3 Å². The zero-order valence-electron chi connectivity index (χ0n) is 27.8. The summed E-state index contributed by atoms with van der Waals surface area (Å²) in [4.78, 5) is 40.4. The summed E-state index contributed by atoms with van der Waals surface area (Å²) in [5.74, 6) is -3.37. The Kier molecular flexibility index (Phi) is 13.9. The number of nitrogens with one attached hydrogen (secondary N) is 2. The highest BCUT2D eigenvalue weighted by atomic mass is 35.5. The molecule has 0 spiro atoms. The van der Waals surface area contributed by atoms with E-state index < -0.39 is 43.0 Å². The van der Waals surface area contributed by atoms with Crippen LogP contribution in [-0.2, 0) is 40.8 Å². The Morgan fingerprint density at radius 1 is 1.06 bits per heavy atom. The van der Waals surface area contributed by atoms with E-state index in [9.17, 15) is 24.1 Å². The first-order valence-corrected chi connectivity index (χ1v) is 18.9. The molecule has 2 aliphatic rings. The Labute approximate surface area is 288 Å². The van der Waals surface area contributed by atoms with Gasteiger partial charge in [-0.1, -0.05) is 86.2 Å². The molecule has 1 saturated heterocycles. The molecule has 5 N–H and O–H groups in total. The molecule has 3 amide bonds. The molecule has 2 aromatic rings. The van der Waals surface area contributed by atoms with E-state index in [4.69, 9.17) is 31.1 Å². The molecule has 5 atom stereocenters. The zero-order chi connectivity index (χ0) is 34.7. The number of hydrogen-bond acceptors (Lipinski definition) is 8. The molecule has 4 rings (SSSR count). The first kappa shape index (κ1) is 37.9. The van der Waals surface area contributed by atoms with Crippen LogP contribution >= 0.6 is 19.2 Å². The summed E-state index contributed by atoms with van der Waals surface area (Å²) in [5.41, 5.74) is 5.53. The van der Waals surface area contributed by atoms with Gasteiger partial charge in [-0.25, -0.2) is 4.79 Å². The SMILES string of the molecule is CCOP(=O)(OCC)C(O)C(CC1CC(Cc2ccccc2)NC1=O)NC(=O)[C@@](Cc1cccc(Cl)c1)(CC1CCCCC1)OC(N)=O. The fourth-order valence-corrected chi connectivity index (χ4v) is 9.04. The standard InChI is InChI=1S/C35H49ClN3O8P/c1-3-45-48(44,46-4-2)32(41)30(21-27-20-29(38-31(27)40)19-24-12-7-5-8-13-24)39-33(42)35(47-34(37)43,22-25-14-9-6-10-15-25)23-26-16-11-17-28(36)18-26/h5,7-8,11-13,16-18,25,27,29-30,32,41H,3-4,6,9-10,14-15,19-23H2,1-2H3,(H2,37,43)(H,38,40)(H,39,42)/t27?,29?,30?,32?,35-/m0/s1. The number of aliphatic hydroxyl groups excluding tert-OH is 1. The zero-order valence-corrected chi connectivity index (χ0v) is 29.4. The van der Waals surface area contributed by atoms with E-state index in [0.717, 1.165) is 37.7 Å².